The van der Waals surface area contributed by atoms with Gasteiger partial charge in [0.1, 0.15) is 73.2 Å². The van der Waals surface area contributed by atoms with Crippen molar-refractivity contribution in [3.8, 4) is 0 Å². The highest BCUT2D eigenvalue weighted by Gasteiger charge is 2.53. The molecule has 3 fully saturated rings. The van der Waals surface area contributed by atoms with E-state index in [2.05, 4.69) is 31.3 Å². The normalized spacial score (nSPS) is 27.9. The molecular weight excluding hydrogens is 1170 g/mol. The molecule has 3 rings (SSSR count). The smallest absolute Gasteiger partial charge is 0.220 e. The third-order valence-corrected chi connectivity index (χ3v) is 18.7. The minimum Gasteiger partial charge on any atom is -0.394 e. The van der Waals surface area contributed by atoms with E-state index in [1.165, 1.54) is 218 Å². The fourth-order valence-electron chi connectivity index (χ4n) is 12.7. The minimum atomic E-state index is -1.98. The minimum absolute atomic E-state index is 0.243. The third-order valence-electron chi connectivity index (χ3n) is 18.7. The van der Waals surface area contributed by atoms with E-state index in [1.807, 2.05) is 6.08 Å². The predicted molar refractivity (Wildman–Crippen MR) is 356 cm³/mol. The van der Waals surface area contributed by atoms with E-state index in [0.29, 0.717) is 6.42 Å². The fourth-order valence-corrected chi connectivity index (χ4v) is 12.7. The summed E-state index contributed by atoms with van der Waals surface area (Å²) in [6, 6.07) is -0.973. The summed E-state index contributed by atoms with van der Waals surface area (Å²) in [7, 11) is 0. The zero-order valence-electron chi connectivity index (χ0n) is 56.8. The molecule has 19 nitrogen and oxygen atoms in total. The number of unbranched alkanes of at least 4 members (excludes halogenated alkanes) is 40. The number of allylic oxidation sites excluding steroid dienone is 3. The molecule has 19 heteroatoms. The number of hydrogen-bond donors (Lipinski definition) is 12. The van der Waals surface area contributed by atoms with Crippen molar-refractivity contribution in [2.75, 3.05) is 26.4 Å². The van der Waals surface area contributed by atoms with E-state index in [4.69, 9.17) is 28.4 Å². The molecule has 3 heterocycles. The molecule has 0 aliphatic carbocycles. The number of hydrogen-bond acceptors (Lipinski definition) is 18. The first kappa shape index (κ1) is 83.5. The molecule has 0 aromatic rings. The lowest BCUT2D eigenvalue weighted by Gasteiger charge is -2.48. The Labute approximate surface area is 549 Å². The average molecular weight is 1300 g/mol. The second-order valence-corrected chi connectivity index (χ2v) is 26.8. The number of aliphatic hydroxyl groups is 11. The second-order valence-electron chi connectivity index (χ2n) is 26.8. The summed E-state index contributed by atoms with van der Waals surface area (Å²) in [5.74, 6) is -0.274. The molecule has 0 radical (unpaired) electrons. The molecule has 0 aromatic heterocycles. The van der Waals surface area contributed by atoms with Gasteiger partial charge in [-0.3, -0.25) is 4.79 Å². The van der Waals surface area contributed by atoms with Gasteiger partial charge < -0.3 is 89.9 Å². The topological polar surface area (TPSA) is 307 Å². The molecule has 3 saturated heterocycles. The highest BCUT2D eigenvalue weighted by atomic mass is 16.8. The molecule has 0 bridgehead atoms. The SMILES string of the molecule is CCCCCCCC/C=C\CCCCCCCCCCCC(=O)NC(COC1OC(CO)C(OC2OC(CO)C(OC3OC(CO)C(O)C(O)C3O)C(O)C2O)C(O)C1O)C(O)/C=C/CCCCCCCCCCCCCCCCCCCCCCCCCCC. The Morgan fingerprint density at radius 2 is 0.692 bits per heavy atom. The first-order chi connectivity index (χ1) is 44.3. The largest absolute Gasteiger partial charge is 0.394 e. The Kier molecular flexibility index (Phi) is 49.8. The maximum Gasteiger partial charge on any atom is 0.220 e. The molecule has 3 aliphatic rings. The summed E-state index contributed by atoms with van der Waals surface area (Å²) < 4.78 is 34.4. The summed E-state index contributed by atoms with van der Waals surface area (Å²) in [5.41, 5.74) is 0. The van der Waals surface area contributed by atoms with Crippen LogP contribution < -0.4 is 5.32 Å². The van der Waals surface area contributed by atoms with Crippen LogP contribution in [0.5, 0.6) is 0 Å². The van der Waals surface area contributed by atoms with Gasteiger partial charge in [-0.05, 0) is 44.9 Å². The number of aliphatic hydroxyl groups excluding tert-OH is 11. The number of carbonyl (C=O) groups is 1. The highest BCUT2D eigenvalue weighted by Crippen LogP contribution is 2.33. The van der Waals surface area contributed by atoms with Crippen LogP contribution in [0.2, 0.25) is 0 Å². The molecule has 536 valence electrons. The molecule has 0 saturated carbocycles. The van der Waals surface area contributed by atoms with Gasteiger partial charge in [-0.25, -0.2) is 0 Å². The van der Waals surface area contributed by atoms with Crippen LogP contribution in [0.4, 0.5) is 0 Å². The molecule has 91 heavy (non-hydrogen) atoms. The monoisotopic (exact) mass is 1300 g/mol. The fraction of sp³-hybridized carbons (Fsp3) is 0.931. The van der Waals surface area contributed by atoms with Gasteiger partial charge in [0.05, 0.1) is 38.6 Å². The Balaban J connectivity index is 1.41. The standard InChI is InChI=1S/C72H135NO18/c1-3-5-7-9-11-13-15-17-19-21-23-24-25-26-27-28-29-30-32-33-35-37-39-41-43-45-47-49-56(77)55(73-60(78)50-48-46-44-42-40-38-36-34-31-22-20-18-16-14-12-10-8-6-4-2)54-86-70-66(84)63(81)68(58(52-75)88-70)91-72-67(85)64(82)69(59(53-76)89-72)90-71-65(83)62(80)61(79)57(51-74)87-71/h18,20,47,49,55-59,61-72,74-77,79-85H,3-17,19,21-46,48,50-54H2,1-2H3,(H,73,78)/b20-18-,49-47+. The van der Waals surface area contributed by atoms with Gasteiger partial charge in [0.15, 0.2) is 18.9 Å². The van der Waals surface area contributed by atoms with Gasteiger partial charge in [-0.2, -0.15) is 0 Å². The summed E-state index contributed by atoms with van der Waals surface area (Å²) in [6.45, 7) is 1.77. The molecule has 0 spiro atoms. The zero-order valence-corrected chi connectivity index (χ0v) is 56.8. The van der Waals surface area contributed by atoms with Crippen LogP contribution in [0.25, 0.3) is 0 Å². The summed E-state index contributed by atoms with van der Waals surface area (Å²) >= 11 is 0. The summed E-state index contributed by atoms with van der Waals surface area (Å²) in [4.78, 5) is 13.4. The zero-order chi connectivity index (χ0) is 66.1. The van der Waals surface area contributed by atoms with Crippen LogP contribution in [0.3, 0.4) is 0 Å². The van der Waals surface area contributed by atoms with Gasteiger partial charge >= 0.3 is 0 Å². The van der Waals surface area contributed by atoms with E-state index in [9.17, 15) is 61.0 Å². The number of nitrogens with one attached hydrogen (secondary N) is 1. The molecule has 0 aromatic carbocycles. The quantitative estimate of drug-likeness (QED) is 0.0199. The predicted octanol–water partition coefficient (Wildman–Crippen LogP) is 10.6. The van der Waals surface area contributed by atoms with E-state index in [-0.39, 0.29) is 18.9 Å². The molecule has 17 atom stereocenters. The van der Waals surface area contributed by atoms with Gasteiger partial charge in [0.25, 0.3) is 0 Å². The second kappa shape index (κ2) is 54.3. The summed E-state index contributed by atoms with van der Waals surface area (Å²) in [5, 5.41) is 121. The van der Waals surface area contributed by atoms with Gasteiger partial charge in [0.2, 0.25) is 5.91 Å². The maximum atomic E-state index is 13.4. The lowest BCUT2D eigenvalue weighted by Crippen LogP contribution is -2.66. The Morgan fingerprint density at radius 1 is 0.385 bits per heavy atom. The van der Waals surface area contributed by atoms with E-state index in [1.54, 1.807) is 6.08 Å². The van der Waals surface area contributed by atoms with Crippen LogP contribution in [-0.4, -0.2) is 193 Å². The van der Waals surface area contributed by atoms with E-state index < -0.39 is 124 Å². The number of rotatable bonds is 58. The Hall–Kier alpha value is -1.73. The third kappa shape index (κ3) is 35.9. The van der Waals surface area contributed by atoms with Crippen LogP contribution in [0.15, 0.2) is 24.3 Å². The highest BCUT2D eigenvalue weighted by molar-refractivity contribution is 5.76. The van der Waals surface area contributed by atoms with Crippen LogP contribution in [0.1, 0.15) is 296 Å². The van der Waals surface area contributed by atoms with Crippen molar-refractivity contribution in [1.29, 1.82) is 0 Å². The van der Waals surface area contributed by atoms with Gasteiger partial charge in [0, 0.05) is 6.42 Å². The van der Waals surface area contributed by atoms with Crippen molar-refractivity contribution in [3.05, 3.63) is 24.3 Å². The molecular formula is C72H135NO18. The summed E-state index contributed by atoms with van der Waals surface area (Å²) in [6.07, 6.45) is 35.8. The Bertz CT molecular complexity index is 1750. The van der Waals surface area contributed by atoms with Gasteiger partial charge in [-0.15, -0.1) is 0 Å². The van der Waals surface area contributed by atoms with Crippen molar-refractivity contribution < 1.29 is 89.4 Å². The average Bonchev–Trinajstić information content (AvgIpc) is 0.886. The number of amides is 1. The Morgan fingerprint density at radius 3 is 1.07 bits per heavy atom. The van der Waals surface area contributed by atoms with Crippen molar-refractivity contribution in [2.45, 2.75) is 401 Å². The van der Waals surface area contributed by atoms with Crippen LogP contribution >= 0.6 is 0 Å². The number of carbonyl (C=O) groups excluding carboxylic acids is 1. The molecule has 12 N–H and O–H groups in total. The molecule has 3 aliphatic heterocycles. The van der Waals surface area contributed by atoms with Crippen molar-refractivity contribution in [2.24, 2.45) is 0 Å². The maximum absolute atomic E-state index is 13.4. The first-order valence-corrected chi connectivity index (χ1v) is 37.1. The van der Waals surface area contributed by atoms with Crippen LogP contribution in [-0.2, 0) is 33.2 Å². The van der Waals surface area contributed by atoms with E-state index in [0.717, 1.165) is 51.4 Å². The van der Waals surface area contributed by atoms with Crippen molar-refractivity contribution >= 4 is 5.91 Å². The van der Waals surface area contributed by atoms with Crippen molar-refractivity contribution in [3.63, 3.8) is 0 Å². The van der Waals surface area contributed by atoms with Crippen molar-refractivity contribution in [1.82, 2.24) is 5.32 Å². The molecule has 17 unspecified atom stereocenters. The van der Waals surface area contributed by atoms with Gasteiger partial charge in [-0.1, -0.05) is 269 Å². The van der Waals surface area contributed by atoms with E-state index >= 15 is 0 Å². The lowest BCUT2D eigenvalue weighted by atomic mass is 9.96. The number of ether oxygens (including phenoxy) is 6. The first-order valence-electron chi connectivity index (χ1n) is 37.1. The molecule has 1 amide bonds. The van der Waals surface area contributed by atoms with Crippen LogP contribution in [0, 0.1) is 0 Å². The lowest BCUT2D eigenvalue weighted by molar-refractivity contribution is -0.379.